The number of nitrogens with zero attached hydrogens (tertiary/aromatic N) is 5. The summed E-state index contributed by atoms with van der Waals surface area (Å²) >= 11 is 1.61. The molecule has 9 heteroatoms. The van der Waals surface area contributed by atoms with Crippen LogP contribution in [0, 0.1) is 13.8 Å². The zero-order chi connectivity index (χ0) is 18.1. The van der Waals surface area contributed by atoms with Crippen molar-refractivity contribution in [2.75, 3.05) is 13.2 Å². The topological polar surface area (TPSA) is 86.3 Å². The Balaban J connectivity index is 1.46. The first kappa shape index (κ1) is 16.9. The summed E-state index contributed by atoms with van der Waals surface area (Å²) in [5.41, 5.74) is 2.50. The van der Waals surface area contributed by atoms with Crippen LogP contribution in [-0.2, 0) is 17.9 Å². The lowest BCUT2D eigenvalue weighted by Gasteiger charge is -2.33. The Kier molecular flexibility index (Phi) is 4.56. The first-order valence-corrected chi connectivity index (χ1v) is 9.20. The normalized spacial score (nSPS) is 16.7. The highest BCUT2D eigenvalue weighted by atomic mass is 32.1. The predicted octanol–water partition coefficient (Wildman–Crippen LogP) is 2.36. The van der Waals surface area contributed by atoms with Gasteiger partial charge in [0.05, 0.1) is 47.9 Å². The van der Waals surface area contributed by atoms with E-state index in [4.69, 9.17) is 9.15 Å². The molecule has 0 saturated carbocycles. The number of hydrogen-bond acceptors (Lipinski definition) is 7. The largest absolute Gasteiger partial charge is 0.438 e. The molecule has 0 fully saturated rings. The molecule has 0 radical (unpaired) electrons. The maximum absolute atomic E-state index is 12.8. The van der Waals surface area contributed by atoms with E-state index in [9.17, 15) is 4.79 Å². The number of carbonyl (C=O) groups excluding carboxylic acids is 1. The number of fused-ring (bicyclic) bond motifs is 1. The van der Waals surface area contributed by atoms with Crippen molar-refractivity contribution in [2.45, 2.75) is 33.0 Å². The summed E-state index contributed by atoms with van der Waals surface area (Å²) in [4.78, 5) is 22.9. The number of aryl methyl sites for hydroxylation is 2. The van der Waals surface area contributed by atoms with Crippen LogP contribution in [0.3, 0.4) is 0 Å². The molecule has 0 bridgehead atoms. The number of aromatic nitrogens is 4. The molecule has 4 heterocycles. The third-order valence-corrected chi connectivity index (χ3v) is 5.16. The summed E-state index contributed by atoms with van der Waals surface area (Å²) in [7, 11) is 0. The Labute approximate surface area is 154 Å². The van der Waals surface area contributed by atoms with Crippen molar-refractivity contribution in [1.82, 2.24) is 24.6 Å². The second kappa shape index (κ2) is 7.00. The lowest BCUT2D eigenvalue weighted by atomic mass is 10.2. The van der Waals surface area contributed by atoms with Gasteiger partial charge in [0.15, 0.2) is 6.39 Å². The molecule has 1 unspecified atom stereocenters. The summed E-state index contributed by atoms with van der Waals surface area (Å²) in [6.45, 7) is 5.63. The number of amides is 1. The minimum atomic E-state index is -0.160. The van der Waals surface area contributed by atoms with Crippen molar-refractivity contribution in [3.8, 4) is 0 Å². The van der Waals surface area contributed by atoms with E-state index >= 15 is 0 Å². The van der Waals surface area contributed by atoms with E-state index in [2.05, 4.69) is 15.1 Å². The van der Waals surface area contributed by atoms with Crippen LogP contribution in [0.1, 0.15) is 38.7 Å². The molecule has 26 heavy (non-hydrogen) atoms. The summed E-state index contributed by atoms with van der Waals surface area (Å²) < 4.78 is 13.0. The van der Waals surface area contributed by atoms with Crippen molar-refractivity contribution in [1.29, 1.82) is 0 Å². The number of hydrogen-bond donors (Lipinski definition) is 0. The maximum atomic E-state index is 12.8. The van der Waals surface area contributed by atoms with Gasteiger partial charge in [-0.25, -0.2) is 9.97 Å². The van der Waals surface area contributed by atoms with Gasteiger partial charge in [0, 0.05) is 18.1 Å². The highest BCUT2D eigenvalue weighted by molar-refractivity contribution is 7.09. The highest BCUT2D eigenvalue weighted by Gasteiger charge is 2.31. The average molecular weight is 373 g/mol. The van der Waals surface area contributed by atoms with Crippen LogP contribution in [-0.4, -0.2) is 43.7 Å². The zero-order valence-electron chi connectivity index (χ0n) is 14.6. The number of ether oxygens (including phenoxy) is 1. The maximum Gasteiger partial charge on any atom is 0.291 e. The fourth-order valence-corrected chi connectivity index (χ4v) is 3.69. The second-order valence-electron chi connectivity index (χ2n) is 6.25. The lowest BCUT2D eigenvalue weighted by Crippen LogP contribution is -2.42. The molecule has 4 rings (SSSR count). The number of rotatable bonds is 5. The Hall–Kier alpha value is -2.52. The van der Waals surface area contributed by atoms with E-state index in [1.54, 1.807) is 29.4 Å². The van der Waals surface area contributed by atoms with E-state index in [-0.39, 0.29) is 17.7 Å². The Morgan fingerprint density at radius 1 is 1.46 bits per heavy atom. The van der Waals surface area contributed by atoms with Gasteiger partial charge in [-0.2, -0.15) is 5.10 Å². The molecule has 3 aromatic heterocycles. The van der Waals surface area contributed by atoms with Gasteiger partial charge in [-0.15, -0.1) is 11.3 Å². The minimum Gasteiger partial charge on any atom is -0.438 e. The van der Waals surface area contributed by atoms with Crippen molar-refractivity contribution in [2.24, 2.45) is 0 Å². The summed E-state index contributed by atoms with van der Waals surface area (Å²) in [6, 6.07) is 1.87. The third kappa shape index (κ3) is 3.27. The minimum absolute atomic E-state index is 0.0549. The van der Waals surface area contributed by atoms with E-state index in [1.807, 2.05) is 23.1 Å². The van der Waals surface area contributed by atoms with E-state index in [1.165, 1.54) is 6.39 Å². The monoisotopic (exact) mass is 373 g/mol. The second-order valence-corrected chi connectivity index (χ2v) is 7.31. The van der Waals surface area contributed by atoms with Crippen LogP contribution in [0.4, 0.5) is 0 Å². The first-order chi connectivity index (χ1) is 12.6. The van der Waals surface area contributed by atoms with Gasteiger partial charge in [0.25, 0.3) is 5.91 Å². The molecule has 8 nitrogen and oxygen atoms in total. The van der Waals surface area contributed by atoms with Gasteiger partial charge in [-0.3, -0.25) is 9.48 Å². The van der Waals surface area contributed by atoms with Crippen molar-refractivity contribution in [3.63, 3.8) is 0 Å². The quantitative estimate of drug-likeness (QED) is 0.682. The predicted molar refractivity (Wildman–Crippen MR) is 93.8 cm³/mol. The first-order valence-electron chi connectivity index (χ1n) is 8.32. The fourth-order valence-electron chi connectivity index (χ4n) is 3.09. The van der Waals surface area contributed by atoms with Gasteiger partial charge in [0.2, 0.25) is 5.76 Å². The van der Waals surface area contributed by atoms with E-state index < -0.39 is 0 Å². The molecule has 0 aliphatic carbocycles. The van der Waals surface area contributed by atoms with Gasteiger partial charge >= 0.3 is 0 Å². The van der Waals surface area contributed by atoms with Crippen LogP contribution in [0.2, 0.25) is 0 Å². The van der Waals surface area contributed by atoms with Crippen LogP contribution in [0.15, 0.2) is 28.5 Å². The molecule has 0 spiro atoms. The smallest absolute Gasteiger partial charge is 0.291 e. The van der Waals surface area contributed by atoms with Crippen LogP contribution >= 0.6 is 11.3 Å². The lowest BCUT2D eigenvalue weighted by molar-refractivity contribution is 0.0422. The van der Waals surface area contributed by atoms with E-state index in [0.717, 1.165) is 16.4 Å². The number of thiazole rings is 1. The molecule has 0 saturated heterocycles. The molecule has 0 aromatic carbocycles. The van der Waals surface area contributed by atoms with E-state index in [0.29, 0.717) is 32.0 Å². The van der Waals surface area contributed by atoms with Crippen molar-refractivity contribution < 1.29 is 13.9 Å². The van der Waals surface area contributed by atoms with Crippen molar-refractivity contribution in [3.05, 3.63) is 51.9 Å². The zero-order valence-corrected chi connectivity index (χ0v) is 15.4. The molecular weight excluding hydrogens is 354 g/mol. The molecule has 1 aliphatic rings. The SMILES string of the molecule is Cc1nc(COCC2CN(C(=O)c3ocnc3C)Cc3ccnn32)cs1. The van der Waals surface area contributed by atoms with Crippen LogP contribution in [0.25, 0.3) is 0 Å². The summed E-state index contributed by atoms with van der Waals surface area (Å²) in [5, 5.41) is 7.41. The highest BCUT2D eigenvalue weighted by Crippen LogP contribution is 2.23. The molecule has 1 amide bonds. The fraction of sp³-hybridized carbons (Fsp3) is 0.412. The van der Waals surface area contributed by atoms with Crippen LogP contribution < -0.4 is 0 Å². The average Bonchev–Trinajstić information content (AvgIpc) is 3.35. The number of oxazole rings is 1. The Morgan fingerprint density at radius 2 is 2.35 bits per heavy atom. The van der Waals surface area contributed by atoms with Crippen molar-refractivity contribution >= 4 is 17.2 Å². The molecule has 136 valence electrons. The van der Waals surface area contributed by atoms with Gasteiger partial charge in [-0.1, -0.05) is 0 Å². The van der Waals surface area contributed by atoms with Gasteiger partial charge in [0.1, 0.15) is 0 Å². The molecule has 3 aromatic rings. The van der Waals surface area contributed by atoms with Gasteiger partial charge in [-0.05, 0) is 19.9 Å². The number of carbonyl (C=O) groups is 1. The summed E-state index contributed by atoms with van der Waals surface area (Å²) in [6.07, 6.45) is 3.05. The molecular formula is C17H19N5O3S. The molecule has 1 atom stereocenters. The molecule has 0 N–H and O–H groups in total. The third-order valence-electron chi connectivity index (χ3n) is 4.34. The Bertz CT molecular complexity index is 915. The van der Waals surface area contributed by atoms with Gasteiger partial charge < -0.3 is 14.1 Å². The Morgan fingerprint density at radius 3 is 3.08 bits per heavy atom. The molecule has 1 aliphatic heterocycles. The standard InChI is InChI=1S/C17H19N5O3S/c1-11-16(25-10-18-11)17(23)21-5-14-3-4-19-22(14)15(6-21)8-24-7-13-9-26-12(2)20-13/h3-4,9-10,15H,5-8H2,1-2H3. The van der Waals surface area contributed by atoms with Crippen LogP contribution in [0.5, 0.6) is 0 Å². The summed E-state index contributed by atoms with van der Waals surface area (Å²) in [5.74, 6) is 0.128.